The second-order valence-corrected chi connectivity index (χ2v) is 4.86. The van der Waals surface area contributed by atoms with Crippen LogP contribution in [0.15, 0.2) is 12.3 Å². The Balaban J connectivity index is 2.13. The normalized spacial score (nSPS) is 19.9. The maximum atomic E-state index is 12.6. The Morgan fingerprint density at radius 1 is 1.50 bits per heavy atom. The van der Waals surface area contributed by atoms with E-state index in [9.17, 15) is 18.0 Å². The first-order valence-corrected chi connectivity index (χ1v) is 6.30. The number of carbonyl (C=O) groups is 1. The third kappa shape index (κ3) is 3.58. The van der Waals surface area contributed by atoms with Gasteiger partial charge in [0.05, 0.1) is 0 Å². The van der Waals surface area contributed by atoms with Crippen LogP contribution in [0.1, 0.15) is 25.0 Å². The minimum absolute atomic E-state index is 0.0411. The van der Waals surface area contributed by atoms with Gasteiger partial charge >= 0.3 is 6.18 Å². The number of halogens is 3. The number of nitrogens with zero attached hydrogens (tertiary/aromatic N) is 3. The average molecular weight is 288 g/mol. The molecule has 1 amide bonds. The molecule has 20 heavy (non-hydrogen) atoms. The van der Waals surface area contributed by atoms with E-state index >= 15 is 0 Å². The molecule has 2 N–H and O–H groups in total. The number of alkyl halides is 3. The van der Waals surface area contributed by atoms with E-state index in [0.717, 1.165) is 25.1 Å². The molecule has 0 bridgehead atoms. The molecule has 0 radical (unpaired) electrons. The molecule has 0 saturated carbocycles. The molecule has 1 aromatic heterocycles. The molecule has 0 spiro atoms. The maximum Gasteiger partial charge on any atom is 0.433 e. The number of carbonyl (C=O) groups excluding carboxylic acids is 1. The Hall–Kier alpha value is -1.86. The van der Waals surface area contributed by atoms with Gasteiger partial charge in [-0.2, -0.15) is 13.2 Å². The van der Waals surface area contributed by atoms with Crippen LogP contribution in [0.2, 0.25) is 0 Å². The van der Waals surface area contributed by atoms with E-state index in [4.69, 9.17) is 5.73 Å². The van der Waals surface area contributed by atoms with Gasteiger partial charge in [-0.1, -0.05) is 0 Å². The summed E-state index contributed by atoms with van der Waals surface area (Å²) in [6, 6.07) is 0.842. The predicted molar refractivity (Wildman–Crippen MR) is 65.8 cm³/mol. The molecule has 1 unspecified atom stereocenters. The quantitative estimate of drug-likeness (QED) is 0.916. The van der Waals surface area contributed by atoms with Crippen LogP contribution in [-0.4, -0.2) is 29.0 Å². The van der Waals surface area contributed by atoms with E-state index in [1.165, 1.54) is 0 Å². The van der Waals surface area contributed by atoms with Crippen molar-refractivity contribution in [3.05, 3.63) is 18.0 Å². The molecule has 1 fully saturated rings. The smallest absolute Gasteiger partial charge is 0.370 e. The van der Waals surface area contributed by atoms with Gasteiger partial charge < -0.3 is 10.6 Å². The van der Waals surface area contributed by atoms with Crippen molar-refractivity contribution in [2.24, 2.45) is 11.7 Å². The Labute approximate surface area is 114 Å². The van der Waals surface area contributed by atoms with Gasteiger partial charge in [0.2, 0.25) is 11.9 Å². The first-order valence-electron chi connectivity index (χ1n) is 6.30. The van der Waals surface area contributed by atoms with Gasteiger partial charge in [0.1, 0.15) is 5.69 Å². The Bertz CT molecular complexity index is 492. The number of primary amides is 1. The minimum Gasteiger partial charge on any atom is -0.370 e. The number of rotatable bonds is 3. The molecule has 1 aliphatic heterocycles. The van der Waals surface area contributed by atoms with Crippen LogP contribution in [0.4, 0.5) is 19.1 Å². The van der Waals surface area contributed by atoms with Crippen molar-refractivity contribution >= 4 is 11.9 Å². The topological polar surface area (TPSA) is 72.1 Å². The fourth-order valence-corrected chi connectivity index (χ4v) is 2.36. The summed E-state index contributed by atoms with van der Waals surface area (Å²) in [7, 11) is 0. The van der Waals surface area contributed by atoms with Crippen LogP contribution in [-0.2, 0) is 11.0 Å². The van der Waals surface area contributed by atoms with E-state index in [0.29, 0.717) is 13.1 Å². The van der Waals surface area contributed by atoms with E-state index in [1.54, 1.807) is 4.90 Å². The molecule has 110 valence electrons. The number of amides is 1. The molecule has 2 heterocycles. The zero-order valence-corrected chi connectivity index (χ0v) is 10.7. The summed E-state index contributed by atoms with van der Waals surface area (Å²) in [6.45, 7) is 1.03. The second kappa shape index (κ2) is 5.64. The Morgan fingerprint density at radius 3 is 2.90 bits per heavy atom. The van der Waals surface area contributed by atoms with Gasteiger partial charge in [0.25, 0.3) is 0 Å². The van der Waals surface area contributed by atoms with Gasteiger partial charge in [0.15, 0.2) is 0 Å². The summed E-state index contributed by atoms with van der Waals surface area (Å²) < 4.78 is 37.8. The van der Waals surface area contributed by atoms with Crippen molar-refractivity contribution in [3.63, 3.8) is 0 Å². The summed E-state index contributed by atoms with van der Waals surface area (Å²) in [6.07, 6.45) is -1.55. The summed E-state index contributed by atoms with van der Waals surface area (Å²) in [5.74, 6) is -0.310. The molecular formula is C12H15F3N4O. The Morgan fingerprint density at radius 2 is 2.25 bits per heavy atom. The van der Waals surface area contributed by atoms with Crippen molar-refractivity contribution < 1.29 is 18.0 Å². The molecule has 8 heteroatoms. The number of anilines is 1. The van der Waals surface area contributed by atoms with Crippen LogP contribution in [0, 0.1) is 5.92 Å². The molecule has 5 nitrogen and oxygen atoms in total. The zero-order valence-electron chi connectivity index (χ0n) is 10.7. The van der Waals surface area contributed by atoms with E-state index in [-0.39, 0.29) is 18.3 Å². The molecule has 1 atom stereocenters. The van der Waals surface area contributed by atoms with Gasteiger partial charge in [0, 0.05) is 25.7 Å². The number of nitrogens with two attached hydrogens (primary N) is 1. The highest BCUT2D eigenvalue weighted by atomic mass is 19.4. The van der Waals surface area contributed by atoms with Crippen molar-refractivity contribution in [1.82, 2.24) is 9.97 Å². The first kappa shape index (κ1) is 14.5. The van der Waals surface area contributed by atoms with Crippen molar-refractivity contribution in [1.29, 1.82) is 0 Å². The Kier molecular flexibility index (Phi) is 4.10. The first-order chi connectivity index (χ1) is 9.36. The summed E-state index contributed by atoms with van der Waals surface area (Å²) >= 11 is 0. The summed E-state index contributed by atoms with van der Waals surface area (Å²) in [5.41, 5.74) is 4.19. The zero-order chi connectivity index (χ0) is 14.8. The molecule has 1 aromatic rings. The fourth-order valence-electron chi connectivity index (χ4n) is 2.36. The summed E-state index contributed by atoms with van der Waals surface area (Å²) in [4.78, 5) is 20.0. The molecule has 1 saturated heterocycles. The number of piperidine rings is 1. The lowest BCUT2D eigenvalue weighted by Crippen LogP contribution is -2.38. The van der Waals surface area contributed by atoms with Crippen LogP contribution >= 0.6 is 0 Å². The van der Waals surface area contributed by atoms with E-state index < -0.39 is 17.8 Å². The van der Waals surface area contributed by atoms with E-state index in [1.807, 2.05) is 0 Å². The third-order valence-electron chi connectivity index (χ3n) is 3.22. The minimum atomic E-state index is -4.49. The molecule has 0 aromatic carbocycles. The largest absolute Gasteiger partial charge is 0.433 e. The standard InChI is InChI=1S/C12H15F3N4O/c13-12(14,15)9-3-4-17-11(18-9)19-5-1-2-8(7-19)6-10(16)20/h3-4,8H,1-2,5-7H2,(H2,16,20). The highest BCUT2D eigenvalue weighted by Gasteiger charge is 2.33. The van der Waals surface area contributed by atoms with Gasteiger partial charge in [-0.3, -0.25) is 4.79 Å². The lowest BCUT2D eigenvalue weighted by atomic mass is 9.95. The van der Waals surface area contributed by atoms with Gasteiger partial charge in [-0.25, -0.2) is 9.97 Å². The van der Waals surface area contributed by atoms with Gasteiger partial charge in [-0.15, -0.1) is 0 Å². The predicted octanol–water partition coefficient (Wildman–Crippen LogP) is 1.59. The number of hydrogen-bond donors (Lipinski definition) is 1. The lowest BCUT2D eigenvalue weighted by molar-refractivity contribution is -0.141. The molecule has 1 aliphatic rings. The monoisotopic (exact) mass is 288 g/mol. The SMILES string of the molecule is NC(=O)CC1CCCN(c2nccc(C(F)(F)F)n2)C1. The molecule has 2 rings (SSSR count). The fraction of sp³-hybridized carbons (Fsp3) is 0.583. The van der Waals surface area contributed by atoms with Crippen molar-refractivity contribution in [2.75, 3.05) is 18.0 Å². The van der Waals surface area contributed by atoms with Crippen molar-refractivity contribution in [3.8, 4) is 0 Å². The van der Waals surface area contributed by atoms with E-state index in [2.05, 4.69) is 9.97 Å². The second-order valence-electron chi connectivity index (χ2n) is 4.86. The summed E-state index contributed by atoms with van der Waals surface area (Å²) in [5, 5.41) is 0. The van der Waals surface area contributed by atoms with Crippen LogP contribution in [0.25, 0.3) is 0 Å². The lowest BCUT2D eigenvalue weighted by Gasteiger charge is -2.32. The number of aromatic nitrogens is 2. The number of hydrogen-bond acceptors (Lipinski definition) is 4. The van der Waals surface area contributed by atoms with Crippen LogP contribution in [0.5, 0.6) is 0 Å². The highest BCUT2D eigenvalue weighted by Crippen LogP contribution is 2.29. The molecule has 0 aliphatic carbocycles. The van der Waals surface area contributed by atoms with Crippen LogP contribution < -0.4 is 10.6 Å². The molecular weight excluding hydrogens is 273 g/mol. The average Bonchev–Trinajstić information content (AvgIpc) is 2.37. The van der Waals surface area contributed by atoms with Gasteiger partial charge in [-0.05, 0) is 24.8 Å². The maximum absolute atomic E-state index is 12.6. The third-order valence-corrected chi connectivity index (χ3v) is 3.22. The van der Waals surface area contributed by atoms with Crippen LogP contribution in [0.3, 0.4) is 0 Å². The van der Waals surface area contributed by atoms with Crippen molar-refractivity contribution in [2.45, 2.75) is 25.4 Å². The highest BCUT2D eigenvalue weighted by molar-refractivity contribution is 5.74.